The Bertz CT molecular complexity index is 1060. The minimum Gasteiger partial charge on any atom is -0.495 e. The summed E-state index contributed by atoms with van der Waals surface area (Å²) < 4.78 is 5.32. The van der Waals surface area contributed by atoms with Gasteiger partial charge in [0.2, 0.25) is 5.91 Å². The molecule has 7 nitrogen and oxygen atoms in total. The Hall–Kier alpha value is -3.13. The number of rotatable bonds is 6. The molecule has 0 saturated heterocycles. The van der Waals surface area contributed by atoms with Gasteiger partial charge in [-0.25, -0.2) is 0 Å². The van der Waals surface area contributed by atoms with Crippen molar-refractivity contribution in [2.24, 2.45) is 11.8 Å². The van der Waals surface area contributed by atoms with Gasteiger partial charge in [0.05, 0.1) is 30.2 Å². The minimum absolute atomic E-state index is 0.308. The van der Waals surface area contributed by atoms with E-state index in [0.29, 0.717) is 34.8 Å². The number of allylic oxidation sites excluding steroid dienone is 2. The summed E-state index contributed by atoms with van der Waals surface area (Å²) in [5.41, 5.74) is 1.98. The number of carboxylic acids is 1. The van der Waals surface area contributed by atoms with Crippen molar-refractivity contribution in [2.75, 3.05) is 17.7 Å². The van der Waals surface area contributed by atoms with Crippen LogP contribution < -0.4 is 15.4 Å². The number of carbonyl (C=O) groups is 3. The van der Waals surface area contributed by atoms with E-state index in [1.54, 1.807) is 18.2 Å². The number of nitrogens with one attached hydrogen (secondary N) is 2. The van der Waals surface area contributed by atoms with Crippen molar-refractivity contribution in [3.8, 4) is 5.75 Å². The quantitative estimate of drug-likeness (QED) is 0.587. The van der Waals surface area contributed by atoms with Gasteiger partial charge in [-0.1, -0.05) is 24.3 Å². The first-order valence-electron chi connectivity index (χ1n) is 10.3. The molecule has 0 spiro atoms. The number of anilines is 2. The van der Waals surface area contributed by atoms with Crippen molar-refractivity contribution in [3.05, 3.63) is 52.4 Å². The van der Waals surface area contributed by atoms with Gasteiger partial charge >= 0.3 is 5.97 Å². The van der Waals surface area contributed by atoms with Gasteiger partial charge in [-0.3, -0.25) is 14.4 Å². The lowest BCUT2D eigenvalue weighted by Crippen LogP contribution is -2.35. The molecule has 2 amide bonds. The van der Waals surface area contributed by atoms with Crippen LogP contribution in [0, 0.1) is 11.8 Å². The lowest BCUT2D eigenvalue weighted by molar-refractivity contribution is -0.146. The van der Waals surface area contributed by atoms with Crippen molar-refractivity contribution < 1.29 is 24.2 Å². The van der Waals surface area contributed by atoms with E-state index in [1.807, 2.05) is 18.2 Å². The Balaban J connectivity index is 1.61. The molecule has 0 saturated carbocycles. The summed E-state index contributed by atoms with van der Waals surface area (Å²) in [6.45, 7) is 0. The molecule has 2 atom stereocenters. The molecule has 1 heterocycles. The number of amides is 2. The number of fused-ring (bicyclic) bond motifs is 1. The number of ether oxygens (including phenoxy) is 1. The number of thiophene rings is 1. The number of carbonyl (C=O) groups excluding carboxylic acids is 2. The number of hydrogen-bond acceptors (Lipinski definition) is 5. The average Bonchev–Trinajstić information content (AvgIpc) is 3.34. The third-order valence-corrected chi connectivity index (χ3v) is 7.03. The normalized spacial score (nSPS) is 19.5. The Morgan fingerprint density at radius 3 is 2.55 bits per heavy atom. The number of aliphatic carboxylic acids is 1. The molecule has 162 valence electrons. The topological polar surface area (TPSA) is 105 Å². The molecule has 0 bridgehead atoms. The van der Waals surface area contributed by atoms with Gasteiger partial charge in [0, 0.05) is 4.88 Å². The van der Waals surface area contributed by atoms with Gasteiger partial charge in [0.15, 0.2) is 0 Å². The van der Waals surface area contributed by atoms with E-state index in [4.69, 9.17) is 4.74 Å². The van der Waals surface area contributed by atoms with Crippen molar-refractivity contribution in [3.63, 3.8) is 0 Å². The van der Waals surface area contributed by atoms with Crippen LogP contribution in [-0.4, -0.2) is 30.0 Å². The molecule has 0 aliphatic heterocycles. The van der Waals surface area contributed by atoms with E-state index in [0.717, 1.165) is 29.7 Å². The molecule has 2 aliphatic rings. The van der Waals surface area contributed by atoms with Gasteiger partial charge in [0.1, 0.15) is 10.8 Å². The fourth-order valence-electron chi connectivity index (χ4n) is 4.25. The highest BCUT2D eigenvalue weighted by Gasteiger charge is 2.35. The van der Waals surface area contributed by atoms with Crippen LogP contribution in [0.15, 0.2) is 36.4 Å². The van der Waals surface area contributed by atoms with Crippen molar-refractivity contribution >= 4 is 39.8 Å². The number of aryl methyl sites for hydroxylation is 1. The first-order valence-corrected chi connectivity index (χ1v) is 11.1. The van der Waals surface area contributed by atoms with Crippen LogP contribution in [0.25, 0.3) is 0 Å². The second-order valence-electron chi connectivity index (χ2n) is 7.70. The number of hydrogen-bond donors (Lipinski definition) is 3. The number of benzene rings is 1. The molecular weight excluding hydrogens is 416 g/mol. The average molecular weight is 441 g/mol. The highest BCUT2D eigenvalue weighted by Crippen LogP contribution is 2.40. The standard InChI is InChI=1S/C23H24N2O5S/c1-30-17-11-5-4-10-16(17)24-21(27)19-15-9-6-12-18(15)31-22(19)25-20(26)13-7-2-3-8-14(13)23(28)29/h2-5,10-11,13-14H,6-9,12H2,1H3,(H,24,27)(H,25,26)(H,28,29)/t13-,14+/m0/s1. The maximum atomic E-state index is 13.2. The Labute approximate surface area is 184 Å². The van der Waals surface area contributed by atoms with E-state index in [2.05, 4.69) is 10.6 Å². The monoisotopic (exact) mass is 440 g/mol. The van der Waals surface area contributed by atoms with Crippen molar-refractivity contribution in [1.29, 1.82) is 0 Å². The van der Waals surface area contributed by atoms with Crippen LogP contribution in [0.2, 0.25) is 0 Å². The van der Waals surface area contributed by atoms with Crippen LogP contribution in [-0.2, 0) is 22.4 Å². The predicted octanol–water partition coefficient (Wildman–Crippen LogP) is 4.10. The Kier molecular flexibility index (Phi) is 6.08. The molecule has 0 radical (unpaired) electrons. The first kappa shape index (κ1) is 21.1. The van der Waals surface area contributed by atoms with E-state index in [1.165, 1.54) is 18.4 Å². The SMILES string of the molecule is COc1ccccc1NC(=O)c1c(NC(=O)[C@H]2CC=CC[C@H]2C(=O)O)sc2c1CCC2. The van der Waals surface area contributed by atoms with E-state index in [-0.39, 0.29) is 11.8 Å². The third-order valence-electron chi connectivity index (χ3n) is 5.83. The fourth-order valence-corrected chi connectivity index (χ4v) is 5.54. The zero-order valence-electron chi connectivity index (χ0n) is 17.1. The van der Waals surface area contributed by atoms with Gasteiger partial charge in [-0.05, 0) is 49.8 Å². The van der Waals surface area contributed by atoms with Crippen LogP contribution in [0.1, 0.15) is 40.1 Å². The van der Waals surface area contributed by atoms with E-state index < -0.39 is 17.8 Å². The minimum atomic E-state index is -0.979. The number of para-hydroxylation sites is 2. The molecule has 3 N–H and O–H groups in total. The predicted molar refractivity (Wildman–Crippen MR) is 119 cm³/mol. The second kappa shape index (κ2) is 8.93. The molecule has 1 aromatic heterocycles. The van der Waals surface area contributed by atoms with Gasteiger partial charge in [0.25, 0.3) is 5.91 Å². The Morgan fingerprint density at radius 1 is 1.06 bits per heavy atom. The molecule has 4 rings (SSSR count). The van der Waals surface area contributed by atoms with E-state index >= 15 is 0 Å². The lowest BCUT2D eigenvalue weighted by Gasteiger charge is -2.24. The molecule has 0 unspecified atom stereocenters. The summed E-state index contributed by atoms with van der Waals surface area (Å²) in [6, 6.07) is 7.15. The third kappa shape index (κ3) is 4.20. The summed E-state index contributed by atoms with van der Waals surface area (Å²) in [6.07, 6.45) is 6.96. The molecule has 8 heteroatoms. The second-order valence-corrected chi connectivity index (χ2v) is 8.80. The van der Waals surface area contributed by atoms with Crippen molar-refractivity contribution in [1.82, 2.24) is 0 Å². The maximum absolute atomic E-state index is 13.2. The first-order chi connectivity index (χ1) is 15.0. The van der Waals surface area contributed by atoms with Crippen LogP contribution in [0.4, 0.5) is 10.7 Å². The van der Waals surface area contributed by atoms with Crippen LogP contribution in [0.5, 0.6) is 5.75 Å². The lowest BCUT2D eigenvalue weighted by atomic mass is 9.82. The largest absolute Gasteiger partial charge is 0.495 e. The summed E-state index contributed by atoms with van der Waals surface area (Å²) in [5, 5.41) is 15.8. The zero-order valence-corrected chi connectivity index (χ0v) is 18.0. The van der Waals surface area contributed by atoms with Gasteiger partial charge < -0.3 is 20.5 Å². The fraction of sp³-hybridized carbons (Fsp3) is 0.348. The highest BCUT2D eigenvalue weighted by molar-refractivity contribution is 7.17. The zero-order chi connectivity index (χ0) is 22.0. The molecule has 2 aromatic rings. The van der Waals surface area contributed by atoms with Gasteiger partial charge in [-0.2, -0.15) is 0 Å². The number of carboxylic acid groups (broad SMARTS) is 1. The van der Waals surface area contributed by atoms with E-state index in [9.17, 15) is 19.5 Å². The summed E-state index contributed by atoms with van der Waals surface area (Å²) in [5.74, 6) is -2.52. The number of methoxy groups -OCH3 is 1. The summed E-state index contributed by atoms with van der Waals surface area (Å²) in [4.78, 5) is 38.9. The van der Waals surface area contributed by atoms with Crippen LogP contribution >= 0.6 is 11.3 Å². The van der Waals surface area contributed by atoms with Crippen molar-refractivity contribution in [2.45, 2.75) is 32.1 Å². The van der Waals surface area contributed by atoms with Gasteiger partial charge in [-0.15, -0.1) is 11.3 Å². The molecule has 1 aromatic carbocycles. The summed E-state index contributed by atoms with van der Waals surface area (Å²) in [7, 11) is 1.54. The Morgan fingerprint density at radius 2 is 1.81 bits per heavy atom. The highest BCUT2D eigenvalue weighted by atomic mass is 32.1. The molecule has 31 heavy (non-hydrogen) atoms. The van der Waals surface area contributed by atoms with Crippen LogP contribution in [0.3, 0.4) is 0 Å². The summed E-state index contributed by atoms with van der Waals surface area (Å²) >= 11 is 1.41. The molecule has 2 aliphatic carbocycles. The molecular formula is C23H24N2O5S. The molecule has 0 fully saturated rings. The maximum Gasteiger partial charge on any atom is 0.307 e. The smallest absolute Gasteiger partial charge is 0.307 e.